The van der Waals surface area contributed by atoms with E-state index in [-0.39, 0.29) is 0 Å². The highest BCUT2D eigenvalue weighted by molar-refractivity contribution is 5.22. The fourth-order valence-corrected chi connectivity index (χ4v) is 2.44. The van der Waals surface area contributed by atoms with Gasteiger partial charge in [-0.15, -0.1) is 0 Å². The molecule has 0 unspecified atom stereocenters. The minimum absolute atomic E-state index is 0.837. The van der Waals surface area contributed by atoms with Gasteiger partial charge in [-0.3, -0.25) is 4.90 Å². The standard InChI is InChI=1S/C17H30N2/c1-5-15(6-2)13-19(7-3)14-17-10-8-16(9-11-17)12-18-4/h8-11,15,18H,5-7,12-14H2,1-4H3. The van der Waals surface area contributed by atoms with Gasteiger partial charge in [0.05, 0.1) is 0 Å². The Hall–Kier alpha value is -0.860. The van der Waals surface area contributed by atoms with Crippen molar-refractivity contribution >= 4 is 0 Å². The summed E-state index contributed by atoms with van der Waals surface area (Å²) in [7, 11) is 1.99. The molecule has 0 radical (unpaired) electrons. The molecule has 2 heteroatoms. The smallest absolute Gasteiger partial charge is 0.0233 e. The maximum absolute atomic E-state index is 3.19. The molecule has 0 amide bonds. The highest BCUT2D eigenvalue weighted by Crippen LogP contribution is 2.13. The Balaban J connectivity index is 2.54. The third kappa shape index (κ3) is 5.75. The lowest BCUT2D eigenvalue weighted by molar-refractivity contribution is 0.226. The van der Waals surface area contributed by atoms with Crippen LogP contribution in [0.25, 0.3) is 0 Å². The predicted molar refractivity (Wildman–Crippen MR) is 84.2 cm³/mol. The molecule has 2 nitrogen and oxygen atoms in total. The summed E-state index contributed by atoms with van der Waals surface area (Å²) < 4.78 is 0. The average molecular weight is 262 g/mol. The summed E-state index contributed by atoms with van der Waals surface area (Å²) in [6.45, 7) is 11.2. The summed E-state index contributed by atoms with van der Waals surface area (Å²) >= 11 is 0. The van der Waals surface area contributed by atoms with Gasteiger partial charge in [-0.1, -0.05) is 57.9 Å². The van der Waals surface area contributed by atoms with Gasteiger partial charge in [0.1, 0.15) is 0 Å². The fraction of sp³-hybridized carbons (Fsp3) is 0.647. The monoisotopic (exact) mass is 262 g/mol. The number of hydrogen-bond acceptors (Lipinski definition) is 2. The van der Waals surface area contributed by atoms with Crippen LogP contribution in [-0.4, -0.2) is 25.0 Å². The van der Waals surface area contributed by atoms with E-state index in [2.05, 4.69) is 55.3 Å². The second kappa shape index (κ2) is 9.11. The first-order chi connectivity index (χ1) is 9.23. The Morgan fingerprint density at radius 1 is 1.00 bits per heavy atom. The minimum atomic E-state index is 0.837. The van der Waals surface area contributed by atoms with Crippen LogP contribution in [0.5, 0.6) is 0 Å². The van der Waals surface area contributed by atoms with E-state index in [1.54, 1.807) is 0 Å². The van der Waals surface area contributed by atoms with Crippen molar-refractivity contribution in [1.29, 1.82) is 0 Å². The first kappa shape index (κ1) is 16.2. The minimum Gasteiger partial charge on any atom is -0.316 e. The van der Waals surface area contributed by atoms with Gasteiger partial charge in [0.25, 0.3) is 0 Å². The summed E-state index contributed by atoms with van der Waals surface area (Å²) in [6, 6.07) is 9.00. The number of rotatable bonds is 9. The van der Waals surface area contributed by atoms with Crippen LogP contribution < -0.4 is 5.32 Å². The summed E-state index contributed by atoms with van der Waals surface area (Å²) in [5.74, 6) is 0.837. The van der Waals surface area contributed by atoms with E-state index in [4.69, 9.17) is 0 Å². The van der Waals surface area contributed by atoms with Crippen molar-refractivity contribution in [3.8, 4) is 0 Å². The molecule has 0 aliphatic carbocycles. The molecule has 0 saturated carbocycles. The molecule has 0 bridgehead atoms. The van der Waals surface area contributed by atoms with Gasteiger partial charge < -0.3 is 5.32 Å². The van der Waals surface area contributed by atoms with E-state index < -0.39 is 0 Å². The number of hydrogen-bond donors (Lipinski definition) is 1. The average Bonchev–Trinajstić information content (AvgIpc) is 2.45. The molecule has 0 saturated heterocycles. The Labute approximate surface area is 119 Å². The zero-order valence-corrected chi connectivity index (χ0v) is 13.1. The summed E-state index contributed by atoms with van der Waals surface area (Å²) in [5, 5.41) is 3.19. The first-order valence-corrected chi connectivity index (χ1v) is 7.68. The van der Waals surface area contributed by atoms with Crippen LogP contribution in [0.1, 0.15) is 44.7 Å². The largest absolute Gasteiger partial charge is 0.316 e. The molecule has 0 spiro atoms. The Bertz CT molecular complexity index is 328. The lowest BCUT2D eigenvalue weighted by atomic mass is 10.0. The van der Waals surface area contributed by atoms with E-state index in [0.29, 0.717) is 0 Å². The topological polar surface area (TPSA) is 15.3 Å². The van der Waals surface area contributed by atoms with Crippen LogP contribution in [0.15, 0.2) is 24.3 Å². The molecule has 1 N–H and O–H groups in total. The molecule has 0 heterocycles. The second-order valence-electron chi connectivity index (χ2n) is 5.36. The molecule has 0 fully saturated rings. The first-order valence-electron chi connectivity index (χ1n) is 7.68. The lowest BCUT2D eigenvalue weighted by Crippen LogP contribution is -2.28. The van der Waals surface area contributed by atoms with Gasteiger partial charge in [-0.05, 0) is 30.6 Å². The van der Waals surface area contributed by atoms with Crippen molar-refractivity contribution in [3.05, 3.63) is 35.4 Å². The quantitative estimate of drug-likeness (QED) is 0.730. The highest BCUT2D eigenvalue weighted by Gasteiger charge is 2.10. The lowest BCUT2D eigenvalue weighted by Gasteiger charge is -2.25. The number of benzene rings is 1. The van der Waals surface area contributed by atoms with Crippen molar-refractivity contribution in [2.45, 2.75) is 46.7 Å². The molecule has 0 atom stereocenters. The van der Waals surface area contributed by atoms with E-state index in [9.17, 15) is 0 Å². The Kier molecular flexibility index (Phi) is 7.76. The molecule has 0 aliphatic rings. The Morgan fingerprint density at radius 3 is 2.05 bits per heavy atom. The normalized spacial score (nSPS) is 11.5. The fourth-order valence-electron chi connectivity index (χ4n) is 2.44. The molecule has 0 aromatic heterocycles. The van der Waals surface area contributed by atoms with Crippen molar-refractivity contribution in [3.63, 3.8) is 0 Å². The van der Waals surface area contributed by atoms with E-state index in [1.165, 1.54) is 30.5 Å². The van der Waals surface area contributed by atoms with Crippen LogP contribution in [0.3, 0.4) is 0 Å². The van der Waals surface area contributed by atoms with E-state index in [1.807, 2.05) is 7.05 Å². The van der Waals surface area contributed by atoms with Crippen LogP contribution in [0.4, 0.5) is 0 Å². The van der Waals surface area contributed by atoms with E-state index >= 15 is 0 Å². The number of nitrogens with one attached hydrogen (secondary N) is 1. The third-order valence-corrected chi connectivity index (χ3v) is 3.93. The molecular weight excluding hydrogens is 232 g/mol. The summed E-state index contributed by atoms with van der Waals surface area (Å²) in [6.07, 6.45) is 2.57. The summed E-state index contributed by atoms with van der Waals surface area (Å²) in [5.41, 5.74) is 2.78. The van der Waals surface area contributed by atoms with E-state index in [0.717, 1.165) is 25.6 Å². The van der Waals surface area contributed by atoms with Crippen LogP contribution in [0, 0.1) is 5.92 Å². The zero-order chi connectivity index (χ0) is 14.1. The van der Waals surface area contributed by atoms with Gasteiger partial charge >= 0.3 is 0 Å². The van der Waals surface area contributed by atoms with Crippen molar-refractivity contribution < 1.29 is 0 Å². The van der Waals surface area contributed by atoms with Gasteiger partial charge in [0.2, 0.25) is 0 Å². The highest BCUT2D eigenvalue weighted by atomic mass is 15.1. The van der Waals surface area contributed by atoms with Crippen molar-refractivity contribution in [1.82, 2.24) is 10.2 Å². The molecule has 1 aromatic rings. The van der Waals surface area contributed by atoms with Crippen molar-refractivity contribution in [2.75, 3.05) is 20.1 Å². The third-order valence-electron chi connectivity index (χ3n) is 3.93. The zero-order valence-electron chi connectivity index (χ0n) is 13.1. The van der Waals surface area contributed by atoms with Crippen LogP contribution >= 0.6 is 0 Å². The SMILES string of the molecule is CCC(CC)CN(CC)Cc1ccc(CNC)cc1. The molecular formula is C17H30N2. The molecule has 1 rings (SSSR count). The van der Waals surface area contributed by atoms with Gasteiger partial charge in [-0.25, -0.2) is 0 Å². The number of nitrogens with zero attached hydrogens (tertiary/aromatic N) is 1. The van der Waals surface area contributed by atoms with Crippen molar-refractivity contribution in [2.24, 2.45) is 5.92 Å². The molecule has 1 aromatic carbocycles. The predicted octanol–water partition coefficient (Wildman–Crippen LogP) is 3.66. The summed E-state index contributed by atoms with van der Waals surface area (Å²) in [4.78, 5) is 2.56. The molecule has 0 aliphatic heterocycles. The van der Waals surface area contributed by atoms with Gasteiger partial charge in [0.15, 0.2) is 0 Å². The Morgan fingerprint density at radius 2 is 1.58 bits per heavy atom. The second-order valence-corrected chi connectivity index (χ2v) is 5.36. The maximum Gasteiger partial charge on any atom is 0.0233 e. The molecule has 19 heavy (non-hydrogen) atoms. The molecule has 108 valence electrons. The van der Waals surface area contributed by atoms with Gasteiger partial charge in [0, 0.05) is 19.6 Å². The van der Waals surface area contributed by atoms with Crippen LogP contribution in [0.2, 0.25) is 0 Å². The van der Waals surface area contributed by atoms with Gasteiger partial charge in [-0.2, -0.15) is 0 Å². The van der Waals surface area contributed by atoms with Crippen LogP contribution in [-0.2, 0) is 13.1 Å². The maximum atomic E-state index is 3.19.